The molecule has 0 aliphatic heterocycles. The maximum absolute atomic E-state index is 12.2. The molecule has 2 aromatic rings. The van der Waals surface area contributed by atoms with Crippen LogP contribution in [0.15, 0.2) is 22.5 Å². The summed E-state index contributed by atoms with van der Waals surface area (Å²) in [7, 11) is -3.73. The molecule has 0 radical (unpaired) electrons. The van der Waals surface area contributed by atoms with Gasteiger partial charge in [-0.25, -0.2) is 13.1 Å². The highest BCUT2D eigenvalue weighted by Gasteiger charge is 2.21. The molecule has 1 heterocycles. The van der Waals surface area contributed by atoms with Crippen LogP contribution in [0.4, 0.5) is 5.13 Å². The molecule has 0 spiro atoms. The molecule has 0 fully saturated rings. The average Bonchev–Trinajstić information content (AvgIpc) is 3.01. The van der Waals surface area contributed by atoms with Gasteiger partial charge in [0.2, 0.25) is 9.47 Å². The summed E-state index contributed by atoms with van der Waals surface area (Å²) >= 11 is 12.5. The predicted octanol–water partition coefficient (Wildman–Crippen LogP) is 3.57. The second-order valence-electron chi connectivity index (χ2n) is 5.06. The monoisotopic (exact) mass is 422 g/mol. The Bertz CT molecular complexity index is 856. The minimum Gasteiger partial charge on any atom is -0.296 e. The Morgan fingerprint density at radius 2 is 2.00 bits per heavy atom. The number of halogens is 2. The molecule has 25 heavy (non-hydrogen) atoms. The van der Waals surface area contributed by atoms with Gasteiger partial charge in [-0.05, 0) is 24.6 Å². The highest BCUT2D eigenvalue weighted by Crippen LogP contribution is 2.24. The Morgan fingerprint density at radius 3 is 2.68 bits per heavy atom. The summed E-state index contributed by atoms with van der Waals surface area (Å²) in [6.45, 7) is 2.36. The molecule has 0 bridgehead atoms. The Labute approximate surface area is 159 Å². The molecule has 0 aliphatic rings. The fourth-order valence-corrected chi connectivity index (χ4v) is 4.35. The largest absolute Gasteiger partial charge is 0.296 e. The highest BCUT2D eigenvalue weighted by molar-refractivity contribution is 7.91. The Kier molecular flexibility index (Phi) is 7.14. The van der Waals surface area contributed by atoms with Crippen LogP contribution in [0.5, 0.6) is 0 Å². The van der Waals surface area contributed by atoms with Crippen LogP contribution in [0.2, 0.25) is 10.0 Å². The summed E-state index contributed by atoms with van der Waals surface area (Å²) in [6, 6.07) is 4.43. The third-order valence-corrected chi connectivity index (χ3v) is 6.32. The molecule has 0 saturated heterocycles. The zero-order chi connectivity index (χ0) is 18.4. The second kappa shape index (κ2) is 8.91. The lowest BCUT2D eigenvalue weighted by atomic mass is 10.2. The first-order valence-electron chi connectivity index (χ1n) is 7.43. The summed E-state index contributed by atoms with van der Waals surface area (Å²) in [5, 5.41) is 10.4. The molecule has 11 heteroatoms. The van der Waals surface area contributed by atoms with Crippen LogP contribution in [-0.2, 0) is 10.0 Å². The van der Waals surface area contributed by atoms with Gasteiger partial charge in [-0.3, -0.25) is 10.1 Å². The Morgan fingerprint density at radius 1 is 1.24 bits per heavy atom. The molecule has 1 aromatic carbocycles. The molecular formula is C14H16Cl2N4O3S2. The number of anilines is 1. The minimum atomic E-state index is -3.73. The van der Waals surface area contributed by atoms with E-state index < -0.39 is 15.9 Å². The summed E-state index contributed by atoms with van der Waals surface area (Å²) in [4.78, 5) is 12.2. The van der Waals surface area contributed by atoms with Gasteiger partial charge in [0.1, 0.15) is 0 Å². The van der Waals surface area contributed by atoms with E-state index in [0.29, 0.717) is 11.6 Å². The van der Waals surface area contributed by atoms with Gasteiger partial charge in [0.05, 0.1) is 10.6 Å². The fourth-order valence-electron chi connectivity index (χ4n) is 1.85. The van der Waals surface area contributed by atoms with Crippen LogP contribution in [0.1, 0.15) is 36.5 Å². The van der Waals surface area contributed by atoms with Gasteiger partial charge in [-0.15, -0.1) is 10.2 Å². The maximum atomic E-state index is 12.2. The van der Waals surface area contributed by atoms with E-state index in [-0.39, 0.29) is 20.1 Å². The topological polar surface area (TPSA) is 101 Å². The lowest BCUT2D eigenvalue weighted by molar-refractivity contribution is 0.102. The summed E-state index contributed by atoms with van der Waals surface area (Å²) in [6.07, 6.45) is 2.67. The van der Waals surface area contributed by atoms with E-state index in [1.807, 2.05) is 6.92 Å². The number of unbranched alkanes of at least 4 members (excludes halogenated alkanes) is 2. The van der Waals surface area contributed by atoms with E-state index in [2.05, 4.69) is 20.2 Å². The molecule has 1 amide bonds. The van der Waals surface area contributed by atoms with E-state index in [1.165, 1.54) is 18.2 Å². The number of nitrogens with zero attached hydrogens (tertiary/aromatic N) is 2. The van der Waals surface area contributed by atoms with Crippen LogP contribution >= 0.6 is 34.5 Å². The molecule has 136 valence electrons. The van der Waals surface area contributed by atoms with Crippen molar-refractivity contribution in [1.29, 1.82) is 0 Å². The minimum absolute atomic E-state index is 0.0601. The number of rotatable bonds is 8. The van der Waals surface area contributed by atoms with Gasteiger partial charge in [-0.1, -0.05) is 54.3 Å². The quantitative estimate of drug-likeness (QED) is 0.499. The van der Waals surface area contributed by atoms with Gasteiger partial charge in [-0.2, -0.15) is 0 Å². The third kappa shape index (κ3) is 5.61. The van der Waals surface area contributed by atoms with E-state index in [0.717, 1.165) is 30.6 Å². The lowest BCUT2D eigenvalue weighted by Gasteiger charge is -2.04. The van der Waals surface area contributed by atoms with E-state index in [9.17, 15) is 13.2 Å². The lowest BCUT2D eigenvalue weighted by Crippen LogP contribution is -2.24. The molecule has 7 nitrogen and oxygen atoms in total. The first-order chi connectivity index (χ1) is 11.8. The molecule has 0 aliphatic carbocycles. The second-order valence-corrected chi connectivity index (χ2v) is 8.82. The summed E-state index contributed by atoms with van der Waals surface area (Å²) < 4.78 is 26.5. The SMILES string of the molecule is CCCCCNS(=O)(=O)c1nnc(NC(=O)c2ccc(Cl)cc2Cl)s1. The van der Waals surface area contributed by atoms with E-state index >= 15 is 0 Å². The van der Waals surface area contributed by atoms with E-state index in [1.54, 1.807) is 0 Å². The highest BCUT2D eigenvalue weighted by atomic mass is 35.5. The van der Waals surface area contributed by atoms with Crippen LogP contribution in [-0.4, -0.2) is 31.1 Å². The number of benzene rings is 1. The number of carbonyl (C=O) groups excluding carboxylic acids is 1. The van der Waals surface area contributed by atoms with Crippen molar-refractivity contribution < 1.29 is 13.2 Å². The van der Waals surface area contributed by atoms with Gasteiger partial charge in [0.25, 0.3) is 15.9 Å². The van der Waals surface area contributed by atoms with Crippen molar-refractivity contribution in [1.82, 2.24) is 14.9 Å². The molecule has 0 saturated carbocycles. The van der Waals surface area contributed by atoms with Crippen LogP contribution in [0, 0.1) is 0 Å². The van der Waals surface area contributed by atoms with Crippen molar-refractivity contribution >= 4 is 55.6 Å². The van der Waals surface area contributed by atoms with Crippen molar-refractivity contribution in [3.8, 4) is 0 Å². The Hall–Kier alpha value is -1.26. The smallest absolute Gasteiger partial charge is 0.269 e. The normalized spacial score (nSPS) is 11.5. The number of nitrogens with one attached hydrogen (secondary N) is 2. The van der Waals surface area contributed by atoms with E-state index in [4.69, 9.17) is 23.2 Å². The molecule has 2 rings (SSSR count). The Balaban J connectivity index is 2.04. The number of hydrogen-bond acceptors (Lipinski definition) is 6. The number of amides is 1. The number of aromatic nitrogens is 2. The fraction of sp³-hybridized carbons (Fsp3) is 0.357. The molecular weight excluding hydrogens is 407 g/mol. The van der Waals surface area contributed by atoms with Gasteiger partial charge >= 0.3 is 0 Å². The van der Waals surface area contributed by atoms with Crippen LogP contribution in [0.25, 0.3) is 0 Å². The zero-order valence-electron chi connectivity index (χ0n) is 13.3. The first kappa shape index (κ1) is 20.1. The number of carbonyl (C=O) groups is 1. The predicted molar refractivity (Wildman–Crippen MR) is 99.0 cm³/mol. The average molecular weight is 423 g/mol. The maximum Gasteiger partial charge on any atom is 0.269 e. The first-order valence-corrected chi connectivity index (χ1v) is 10.5. The van der Waals surface area contributed by atoms with Gasteiger partial charge in [0.15, 0.2) is 0 Å². The van der Waals surface area contributed by atoms with Crippen molar-refractivity contribution in [2.75, 3.05) is 11.9 Å². The molecule has 0 unspecified atom stereocenters. The summed E-state index contributed by atoms with van der Waals surface area (Å²) in [5.74, 6) is -0.530. The molecule has 2 N–H and O–H groups in total. The van der Waals surface area contributed by atoms with Crippen molar-refractivity contribution in [2.45, 2.75) is 30.5 Å². The third-order valence-electron chi connectivity index (χ3n) is 3.10. The van der Waals surface area contributed by atoms with Gasteiger partial charge < -0.3 is 0 Å². The van der Waals surface area contributed by atoms with Crippen LogP contribution in [0.3, 0.4) is 0 Å². The molecule has 0 atom stereocenters. The number of sulfonamides is 1. The molecule has 1 aromatic heterocycles. The van der Waals surface area contributed by atoms with Crippen molar-refractivity contribution in [2.24, 2.45) is 0 Å². The van der Waals surface area contributed by atoms with Crippen molar-refractivity contribution in [3.05, 3.63) is 33.8 Å². The summed E-state index contributed by atoms with van der Waals surface area (Å²) in [5.41, 5.74) is 0.198. The van der Waals surface area contributed by atoms with Crippen molar-refractivity contribution in [3.63, 3.8) is 0 Å². The number of hydrogen-bond donors (Lipinski definition) is 2. The van der Waals surface area contributed by atoms with Gasteiger partial charge in [0, 0.05) is 11.6 Å². The standard InChI is InChI=1S/C14H16Cl2N4O3S2/c1-2-3-4-7-17-25(22,23)14-20-19-13(24-14)18-12(21)10-6-5-9(15)8-11(10)16/h5-6,8,17H,2-4,7H2,1H3,(H,18,19,21). The van der Waals surface area contributed by atoms with Crippen LogP contribution < -0.4 is 10.0 Å². The zero-order valence-corrected chi connectivity index (χ0v) is 16.4.